The molecule has 0 aliphatic heterocycles. The minimum Gasteiger partial charge on any atom is -0.479 e. The van der Waals surface area contributed by atoms with Crippen LogP contribution >= 0.6 is 0 Å². The Morgan fingerprint density at radius 3 is 1.00 bits per heavy atom. The van der Waals surface area contributed by atoms with Gasteiger partial charge in [-0.3, -0.25) is 0 Å². The second-order valence-corrected chi connectivity index (χ2v) is 2.03. The van der Waals surface area contributed by atoms with E-state index in [1.807, 2.05) is 0 Å². The fourth-order valence-corrected chi connectivity index (χ4v) is 0. The molecule has 74 valence electrons. The second-order valence-electron chi connectivity index (χ2n) is 2.03. The molecule has 0 aliphatic carbocycles. The van der Waals surface area contributed by atoms with Crippen LogP contribution in [0.3, 0.4) is 0 Å². The van der Waals surface area contributed by atoms with E-state index in [4.69, 9.17) is 20.4 Å². The van der Waals surface area contributed by atoms with E-state index in [9.17, 15) is 9.59 Å². The van der Waals surface area contributed by atoms with E-state index in [2.05, 4.69) is 0 Å². The molecule has 0 rings (SSSR count). The third-order valence-corrected chi connectivity index (χ3v) is 0.715. The van der Waals surface area contributed by atoms with Crippen LogP contribution in [-0.2, 0) is 29.1 Å². The summed E-state index contributed by atoms with van der Waals surface area (Å²) < 4.78 is 0. The van der Waals surface area contributed by atoms with Crippen molar-refractivity contribution >= 4 is 11.9 Å². The smallest absolute Gasteiger partial charge is 0.332 e. The maximum absolute atomic E-state index is 9.45. The van der Waals surface area contributed by atoms with E-state index in [0.29, 0.717) is 0 Å². The molecule has 2 unspecified atom stereocenters. The molecule has 13 heavy (non-hydrogen) atoms. The zero-order valence-corrected chi connectivity index (χ0v) is 10.4. The van der Waals surface area contributed by atoms with Gasteiger partial charge >= 0.3 is 11.9 Å². The summed E-state index contributed by atoms with van der Waals surface area (Å²) in [6.45, 7) is 2.39. The molecular formula is C6H12O6Zn. The Morgan fingerprint density at radius 2 is 1.00 bits per heavy atom. The SMILES string of the molecule is CC(O)C(=O)O.CC(O)C(=O)O.[Zn]. The van der Waals surface area contributed by atoms with Gasteiger partial charge in [0, 0.05) is 19.5 Å². The van der Waals surface area contributed by atoms with Crippen molar-refractivity contribution in [2.24, 2.45) is 0 Å². The molecule has 2 atom stereocenters. The van der Waals surface area contributed by atoms with Crippen molar-refractivity contribution in [2.45, 2.75) is 26.1 Å². The summed E-state index contributed by atoms with van der Waals surface area (Å²) in [5.41, 5.74) is 0. The van der Waals surface area contributed by atoms with Gasteiger partial charge in [-0.25, -0.2) is 9.59 Å². The zero-order valence-electron chi connectivity index (χ0n) is 7.47. The Bertz CT molecular complexity index is 137. The Hall–Kier alpha value is -0.517. The zero-order chi connectivity index (χ0) is 10.3. The van der Waals surface area contributed by atoms with Gasteiger partial charge in [-0.15, -0.1) is 0 Å². The number of aliphatic hydroxyl groups is 2. The van der Waals surface area contributed by atoms with Crippen LogP contribution in [0.2, 0.25) is 0 Å². The molecule has 0 saturated carbocycles. The maximum atomic E-state index is 9.45. The standard InChI is InChI=1S/2C3H6O3.Zn/c2*1-2(4)3(5)6;/h2*2,4H,1H3,(H,5,6);. The molecule has 6 nitrogen and oxygen atoms in total. The molecule has 0 bridgehead atoms. The summed E-state index contributed by atoms with van der Waals surface area (Å²) in [7, 11) is 0. The molecule has 4 N–H and O–H groups in total. The van der Waals surface area contributed by atoms with Gasteiger partial charge in [0.25, 0.3) is 0 Å². The van der Waals surface area contributed by atoms with E-state index in [1.54, 1.807) is 0 Å². The molecule has 0 saturated heterocycles. The van der Waals surface area contributed by atoms with Gasteiger partial charge < -0.3 is 20.4 Å². The molecule has 0 aliphatic rings. The number of aliphatic carboxylic acids is 2. The van der Waals surface area contributed by atoms with E-state index in [-0.39, 0.29) is 19.5 Å². The minimum absolute atomic E-state index is 0. The van der Waals surface area contributed by atoms with Gasteiger partial charge in [-0.2, -0.15) is 0 Å². The fraction of sp³-hybridized carbons (Fsp3) is 0.667. The number of carboxylic acids is 2. The second kappa shape index (κ2) is 9.57. The first-order valence-corrected chi connectivity index (χ1v) is 3.10. The summed E-state index contributed by atoms with van der Waals surface area (Å²) in [6, 6.07) is 0. The van der Waals surface area contributed by atoms with Crippen molar-refractivity contribution in [3.05, 3.63) is 0 Å². The van der Waals surface area contributed by atoms with Crippen LogP contribution in [0.1, 0.15) is 13.8 Å². The predicted molar refractivity (Wildman–Crippen MR) is 38.6 cm³/mol. The van der Waals surface area contributed by atoms with Gasteiger partial charge in [-0.05, 0) is 13.8 Å². The van der Waals surface area contributed by atoms with Gasteiger partial charge in [0.15, 0.2) is 0 Å². The largest absolute Gasteiger partial charge is 0.479 e. The van der Waals surface area contributed by atoms with E-state index in [1.165, 1.54) is 13.8 Å². The van der Waals surface area contributed by atoms with Crippen LogP contribution < -0.4 is 0 Å². The average Bonchev–Trinajstić information content (AvgIpc) is 1.88. The molecule has 0 radical (unpaired) electrons. The van der Waals surface area contributed by atoms with Crippen LogP contribution in [-0.4, -0.2) is 44.6 Å². The number of rotatable bonds is 2. The molecule has 0 heterocycles. The number of hydrogen-bond donors (Lipinski definition) is 4. The van der Waals surface area contributed by atoms with E-state index >= 15 is 0 Å². The van der Waals surface area contributed by atoms with Gasteiger partial charge in [0.05, 0.1) is 0 Å². The van der Waals surface area contributed by atoms with Crippen molar-refractivity contribution in [3.8, 4) is 0 Å². The van der Waals surface area contributed by atoms with Crippen molar-refractivity contribution in [1.29, 1.82) is 0 Å². The van der Waals surface area contributed by atoms with E-state index in [0.717, 1.165) is 0 Å². The third-order valence-electron chi connectivity index (χ3n) is 0.715. The number of carboxylic acid groups (broad SMARTS) is 2. The average molecular weight is 246 g/mol. The Labute approximate surface area is 88.0 Å². The topological polar surface area (TPSA) is 115 Å². The Morgan fingerprint density at radius 1 is 0.923 bits per heavy atom. The van der Waals surface area contributed by atoms with Crippen molar-refractivity contribution in [3.63, 3.8) is 0 Å². The first kappa shape index (κ1) is 18.3. The minimum atomic E-state index is -1.23. The third kappa shape index (κ3) is 18.4. The van der Waals surface area contributed by atoms with Crippen LogP contribution in [0.25, 0.3) is 0 Å². The fourth-order valence-electron chi connectivity index (χ4n) is 0. The normalized spacial score (nSPS) is 12.6. The van der Waals surface area contributed by atoms with Crippen molar-refractivity contribution in [1.82, 2.24) is 0 Å². The Kier molecular flexibility index (Phi) is 13.5. The summed E-state index contributed by atoms with van der Waals surface area (Å²) in [6.07, 6.45) is -2.46. The Balaban J connectivity index is -0.000000143. The summed E-state index contributed by atoms with van der Waals surface area (Å²) in [5, 5.41) is 31.5. The molecular weight excluding hydrogens is 233 g/mol. The van der Waals surface area contributed by atoms with Gasteiger partial charge in [0.2, 0.25) is 0 Å². The van der Waals surface area contributed by atoms with Gasteiger partial charge in [-0.1, -0.05) is 0 Å². The quantitative estimate of drug-likeness (QED) is 0.459. The molecule has 7 heteroatoms. The van der Waals surface area contributed by atoms with Crippen LogP contribution in [0, 0.1) is 0 Å². The molecule has 0 amide bonds. The maximum Gasteiger partial charge on any atom is 0.332 e. The number of hydrogen-bond acceptors (Lipinski definition) is 4. The first-order chi connectivity index (χ1) is 5.29. The number of carbonyl (C=O) groups is 2. The first-order valence-electron chi connectivity index (χ1n) is 3.10. The van der Waals surface area contributed by atoms with Crippen molar-refractivity contribution < 1.29 is 49.5 Å². The molecule has 0 fully saturated rings. The predicted octanol–water partition coefficient (Wildman–Crippen LogP) is -1.10. The molecule has 0 aromatic heterocycles. The van der Waals surface area contributed by atoms with Crippen LogP contribution in [0.5, 0.6) is 0 Å². The van der Waals surface area contributed by atoms with Crippen molar-refractivity contribution in [2.75, 3.05) is 0 Å². The summed E-state index contributed by atoms with van der Waals surface area (Å²) >= 11 is 0. The van der Waals surface area contributed by atoms with Crippen LogP contribution in [0.4, 0.5) is 0 Å². The molecule has 0 aromatic carbocycles. The monoisotopic (exact) mass is 244 g/mol. The summed E-state index contributed by atoms with van der Waals surface area (Å²) in [5.74, 6) is -2.37. The number of aliphatic hydroxyl groups excluding tert-OH is 2. The molecule has 0 aromatic rings. The van der Waals surface area contributed by atoms with Gasteiger partial charge in [0.1, 0.15) is 12.2 Å². The molecule has 0 spiro atoms. The van der Waals surface area contributed by atoms with E-state index < -0.39 is 24.1 Å². The summed E-state index contributed by atoms with van der Waals surface area (Å²) in [4.78, 5) is 18.9. The van der Waals surface area contributed by atoms with Crippen LogP contribution in [0.15, 0.2) is 0 Å².